The molecule has 1 aliphatic heterocycles. The maximum absolute atomic E-state index is 13.1. The van der Waals surface area contributed by atoms with E-state index in [-0.39, 0.29) is 18.5 Å². The average Bonchev–Trinajstić information content (AvgIpc) is 2.80. The standard InChI is InChI=1S/C21H24N2O4/c1-13-7-8-16-15(11-17(24)27-18(16)14(13)2)12-23-19(25)21(22-20(23)26)9-5-3-4-6-10-21/h7-8,11H,3-6,9-10,12H2,1-2H3,(H,22,26). The Bertz CT molecular complexity index is 984. The fourth-order valence-electron chi connectivity index (χ4n) is 4.32. The van der Waals surface area contributed by atoms with Gasteiger partial charge in [0.1, 0.15) is 11.1 Å². The Labute approximate surface area is 157 Å². The fourth-order valence-corrected chi connectivity index (χ4v) is 4.32. The van der Waals surface area contributed by atoms with Gasteiger partial charge in [0.2, 0.25) is 0 Å². The highest BCUT2D eigenvalue weighted by molar-refractivity contribution is 6.07. The second kappa shape index (κ2) is 6.51. The monoisotopic (exact) mass is 368 g/mol. The van der Waals surface area contributed by atoms with Gasteiger partial charge in [-0.05, 0) is 43.4 Å². The average molecular weight is 368 g/mol. The maximum atomic E-state index is 13.1. The molecule has 27 heavy (non-hydrogen) atoms. The van der Waals surface area contributed by atoms with Crippen molar-refractivity contribution in [3.8, 4) is 0 Å². The number of nitrogens with one attached hydrogen (secondary N) is 1. The first-order valence-electron chi connectivity index (χ1n) is 9.58. The zero-order chi connectivity index (χ0) is 19.2. The van der Waals surface area contributed by atoms with E-state index in [0.717, 1.165) is 42.2 Å². The molecule has 2 heterocycles. The summed E-state index contributed by atoms with van der Waals surface area (Å²) in [6.45, 7) is 3.93. The number of fused-ring (bicyclic) bond motifs is 1. The van der Waals surface area contributed by atoms with Crippen molar-refractivity contribution in [2.45, 2.75) is 64.5 Å². The van der Waals surface area contributed by atoms with E-state index in [2.05, 4.69) is 5.32 Å². The maximum Gasteiger partial charge on any atom is 0.336 e. The molecule has 1 N–H and O–H groups in total. The first-order chi connectivity index (χ1) is 12.9. The minimum atomic E-state index is -0.769. The van der Waals surface area contributed by atoms with Crippen LogP contribution in [0.1, 0.15) is 55.2 Å². The summed E-state index contributed by atoms with van der Waals surface area (Å²) < 4.78 is 5.40. The summed E-state index contributed by atoms with van der Waals surface area (Å²) in [7, 11) is 0. The Morgan fingerprint density at radius 1 is 1.07 bits per heavy atom. The zero-order valence-corrected chi connectivity index (χ0v) is 15.8. The highest BCUT2D eigenvalue weighted by atomic mass is 16.4. The predicted octanol–water partition coefficient (Wildman–Crippen LogP) is 3.55. The number of hydrogen-bond acceptors (Lipinski definition) is 4. The van der Waals surface area contributed by atoms with Crippen molar-refractivity contribution in [3.05, 3.63) is 45.3 Å². The summed E-state index contributed by atoms with van der Waals surface area (Å²) in [5.41, 5.74) is 1.84. The Balaban J connectivity index is 1.72. The van der Waals surface area contributed by atoms with Crippen molar-refractivity contribution < 1.29 is 14.0 Å². The molecule has 3 amide bonds. The molecular weight excluding hydrogens is 344 g/mol. The number of imide groups is 1. The number of amides is 3. The number of hydrogen-bond donors (Lipinski definition) is 1. The Kier molecular flexibility index (Phi) is 4.29. The van der Waals surface area contributed by atoms with Gasteiger partial charge >= 0.3 is 11.7 Å². The van der Waals surface area contributed by atoms with Gasteiger partial charge in [-0.2, -0.15) is 0 Å². The van der Waals surface area contributed by atoms with E-state index in [4.69, 9.17) is 4.42 Å². The van der Waals surface area contributed by atoms with Crippen LogP contribution in [0.5, 0.6) is 0 Å². The molecule has 6 heteroatoms. The molecule has 1 aliphatic carbocycles. The van der Waals surface area contributed by atoms with Crippen LogP contribution in [0.2, 0.25) is 0 Å². The smallest absolute Gasteiger partial charge is 0.336 e. The molecule has 0 bridgehead atoms. The van der Waals surface area contributed by atoms with Crippen molar-refractivity contribution in [2.24, 2.45) is 0 Å². The van der Waals surface area contributed by atoms with Crippen LogP contribution in [-0.2, 0) is 11.3 Å². The Hall–Kier alpha value is -2.63. The van der Waals surface area contributed by atoms with Crippen molar-refractivity contribution in [2.75, 3.05) is 0 Å². The van der Waals surface area contributed by atoms with Crippen molar-refractivity contribution in [1.82, 2.24) is 10.2 Å². The number of carbonyl (C=O) groups excluding carboxylic acids is 2. The number of benzene rings is 1. The van der Waals surface area contributed by atoms with Crippen LogP contribution in [0.4, 0.5) is 4.79 Å². The van der Waals surface area contributed by atoms with Crippen LogP contribution in [-0.4, -0.2) is 22.4 Å². The van der Waals surface area contributed by atoms with Crippen LogP contribution in [0.15, 0.2) is 27.4 Å². The molecule has 1 spiro atoms. The molecule has 1 aromatic heterocycles. The predicted molar refractivity (Wildman–Crippen MR) is 101 cm³/mol. The largest absolute Gasteiger partial charge is 0.422 e. The second-order valence-electron chi connectivity index (χ2n) is 7.79. The lowest BCUT2D eigenvalue weighted by atomic mass is 9.90. The summed E-state index contributed by atoms with van der Waals surface area (Å²) in [5, 5.41) is 3.71. The van der Waals surface area contributed by atoms with E-state index in [1.807, 2.05) is 26.0 Å². The summed E-state index contributed by atoms with van der Waals surface area (Å²) in [5.74, 6) is -0.167. The lowest BCUT2D eigenvalue weighted by Crippen LogP contribution is -2.46. The summed E-state index contributed by atoms with van der Waals surface area (Å²) in [4.78, 5) is 39.1. The van der Waals surface area contributed by atoms with E-state index < -0.39 is 11.2 Å². The van der Waals surface area contributed by atoms with Crippen molar-refractivity contribution in [1.29, 1.82) is 0 Å². The molecule has 142 valence electrons. The van der Waals surface area contributed by atoms with Gasteiger partial charge in [-0.1, -0.05) is 37.8 Å². The molecule has 0 atom stereocenters. The third kappa shape index (κ3) is 2.93. The number of urea groups is 1. The first-order valence-corrected chi connectivity index (χ1v) is 9.58. The second-order valence-corrected chi connectivity index (χ2v) is 7.79. The van der Waals surface area contributed by atoms with Crippen LogP contribution >= 0.6 is 0 Å². The number of carbonyl (C=O) groups is 2. The normalized spacial score (nSPS) is 19.6. The quantitative estimate of drug-likeness (QED) is 0.649. The highest BCUT2D eigenvalue weighted by Crippen LogP contribution is 2.34. The van der Waals surface area contributed by atoms with E-state index >= 15 is 0 Å². The van der Waals surface area contributed by atoms with Crippen LogP contribution in [0.25, 0.3) is 11.0 Å². The highest BCUT2D eigenvalue weighted by Gasteiger charge is 2.50. The molecule has 1 aromatic carbocycles. The molecule has 0 unspecified atom stereocenters. The molecule has 2 aliphatic rings. The Morgan fingerprint density at radius 3 is 2.48 bits per heavy atom. The van der Waals surface area contributed by atoms with E-state index in [1.165, 1.54) is 11.0 Å². The van der Waals surface area contributed by atoms with Gasteiger partial charge in [-0.15, -0.1) is 0 Å². The van der Waals surface area contributed by atoms with Gasteiger partial charge in [-0.25, -0.2) is 9.59 Å². The molecule has 2 fully saturated rings. The number of nitrogens with zero attached hydrogens (tertiary/aromatic N) is 1. The van der Waals surface area contributed by atoms with Gasteiger partial charge in [0.05, 0.1) is 6.54 Å². The molecule has 4 rings (SSSR count). The van der Waals surface area contributed by atoms with Gasteiger partial charge < -0.3 is 9.73 Å². The molecule has 1 saturated carbocycles. The number of rotatable bonds is 2. The van der Waals surface area contributed by atoms with Crippen molar-refractivity contribution >= 4 is 22.9 Å². The summed E-state index contributed by atoms with van der Waals surface area (Å²) in [6.07, 6.45) is 5.43. The van der Waals surface area contributed by atoms with Crippen molar-refractivity contribution in [3.63, 3.8) is 0 Å². The molecule has 0 radical (unpaired) electrons. The minimum Gasteiger partial charge on any atom is -0.422 e. The van der Waals surface area contributed by atoms with Gasteiger partial charge in [-0.3, -0.25) is 9.69 Å². The first kappa shape index (κ1) is 17.8. The fraction of sp³-hybridized carbons (Fsp3) is 0.476. The Morgan fingerprint density at radius 2 is 1.78 bits per heavy atom. The third-order valence-corrected chi connectivity index (χ3v) is 6.05. The summed E-state index contributed by atoms with van der Waals surface area (Å²) >= 11 is 0. The van der Waals surface area contributed by atoms with Crippen LogP contribution in [0, 0.1) is 13.8 Å². The van der Waals surface area contributed by atoms with Gasteiger partial charge in [0, 0.05) is 11.5 Å². The molecular formula is C21H24N2O4. The zero-order valence-electron chi connectivity index (χ0n) is 15.8. The van der Waals surface area contributed by atoms with Gasteiger partial charge in [0.25, 0.3) is 5.91 Å². The van der Waals surface area contributed by atoms with Crippen LogP contribution in [0.3, 0.4) is 0 Å². The van der Waals surface area contributed by atoms with E-state index in [0.29, 0.717) is 24.0 Å². The SMILES string of the molecule is Cc1ccc2c(CN3C(=O)NC4(CCCCCC4)C3=O)cc(=O)oc2c1C. The topological polar surface area (TPSA) is 79.6 Å². The molecule has 1 saturated heterocycles. The van der Waals surface area contributed by atoms with Crippen LogP contribution < -0.4 is 10.9 Å². The summed E-state index contributed by atoms with van der Waals surface area (Å²) in [6, 6.07) is 4.86. The lowest BCUT2D eigenvalue weighted by molar-refractivity contribution is -0.132. The lowest BCUT2D eigenvalue weighted by Gasteiger charge is -2.24. The van der Waals surface area contributed by atoms with Gasteiger partial charge in [0.15, 0.2) is 0 Å². The molecule has 6 nitrogen and oxygen atoms in total. The minimum absolute atomic E-state index is 0.0804. The van der Waals surface area contributed by atoms with E-state index in [9.17, 15) is 14.4 Å². The third-order valence-electron chi connectivity index (χ3n) is 6.05. The van der Waals surface area contributed by atoms with E-state index in [1.54, 1.807) is 0 Å². The molecule has 2 aromatic rings. The number of aryl methyl sites for hydroxylation is 2.